The van der Waals surface area contributed by atoms with Crippen molar-refractivity contribution in [2.24, 2.45) is 5.92 Å². The average Bonchev–Trinajstić information content (AvgIpc) is 3.05. The molecule has 0 unspecified atom stereocenters. The van der Waals surface area contributed by atoms with Gasteiger partial charge in [0.1, 0.15) is 18.2 Å². The Labute approximate surface area is 155 Å². The highest BCUT2D eigenvalue weighted by atomic mass is 19.1. The number of halogens is 1. The number of benzene rings is 1. The molecule has 0 spiro atoms. The second-order valence-electron chi connectivity index (χ2n) is 6.43. The minimum atomic E-state index is -0.425. The second-order valence-corrected chi connectivity index (χ2v) is 6.43. The first-order valence-corrected chi connectivity index (χ1v) is 8.35. The first-order chi connectivity index (χ1) is 12.9. The molecule has 0 atom stereocenters. The summed E-state index contributed by atoms with van der Waals surface area (Å²) < 4.78 is 29.3. The molecule has 144 valence electrons. The van der Waals surface area contributed by atoms with Crippen LogP contribution >= 0.6 is 0 Å². The molecule has 1 heterocycles. The number of carbonyl (C=O) groups excluding carboxylic acids is 2. The molecule has 8 nitrogen and oxygen atoms in total. The molecular weight excluding hydrogens is 357 g/mol. The zero-order valence-corrected chi connectivity index (χ0v) is 15.2. The van der Waals surface area contributed by atoms with E-state index in [1.54, 1.807) is 14.1 Å². The van der Waals surface area contributed by atoms with E-state index in [9.17, 15) is 14.0 Å². The van der Waals surface area contributed by atoms with Crippen molar-refractivity contribution < 1.29 is 27.9 Å². The van der Waals surface area contributed by atoms with E-state index in [2.05, 4.69) is 10.3 Å². The highest BCUT2D eigenvalue weighted by molar-refractivity contribution is 5.94. The molecule has 1 aliphatic carbocycles. The van der Waals surface area contributed by atoms with Gasteiger partial charge in [-0.05, 0) is 25.0 Å². The van der Waals surface area contributed by atoms with Crippen LogP contribution in [0.2, 0.25) is 0 Å². The Hall–Kier alpha value is -3.10. The van der Waals surface area contributed by atoms with Crippen molar-refractivity contribution in [3.8, 4) is 11.5 Å². The number of nitrogens with zero attached hydrogens (tertiary/aromatic N) is 2. The molecule has 0 saturated heterocycles. The van der Waals surface area contributed by atoms with Crippen molar-refractivity contribution in [3.05, 3.63) is 36.0 Å². The van der Waals surface area contributed by atoms with Crippen LogP contribution in [-0.4, -0.2) is 49.0 Å². The van der Waals surface area contributed by atoms with Crippen molar-refractivity contribution >= 4 is 17.8 Å². The fourth-order valence-electron chi connectivity index (χ4n) is 2.66. The number of nitrogens with one attached hydrogen (secondary N) is 1. The van der Waals surface area contributed by atoms with Gasteiger partial charge >= 0.3 is 6.01 Å². The van der Waals surface area contributed by atoms with Crippen LogP contribution in [0.1, 0.15) is 23.3 Å². The van der Waals surface area contributed by atoms with Crippen LogP contribution in [-0.2, 0) is 4.79 Å². The van der Waals surface area contributed by atoms with E-state index < -0.39 is 5.82 Å². The van der Waals surface area contributed by atoms with Crippen LogP contribution in [0.4, 0.5) is 10.4 Å². The third-order valence-electron chi connectivity index (χ3n) is 4.24. The molecule has 0 bridgehead atoms. The van der Waals surface area contributed by atoms with Crippen molar-refractivity contribution in [1.82, 2.24) is 9.88 Å². The Balaban J connectivity index is 1.52. The number of methoxy groups -OCH3 is 1. The Morgan fingerprint density at radius 2 is 2.04 bits per heavy atom. The van der Waals surface area contributed by atoms with Crippen LogP contribution < -0.4 is 14.8 Å². The molecule has 27 heavy (non-hydrogen) atoms. The maximum Gasteiger partial charge on any atom is 0.302 e. The summed E-state index contributed by atoms with van der Waals surface area (Å²) in [5, 5.41) is 2.55. The van der Waals surface area contributed by atoms with Gasteiger partial charge < -0.3 is 18.8 Å². The molecule has 1 aromatic carbocycles. The molecule has 2 amide bonds. The monoisotopic (exact) mass is 377 g/mol. The molecule has 3 rings (SSSR count). The zero-order valence-electron chi connectivity index (χ0n) is 15.2. The van der Waals surface area contributed by atoms with Crippen molar-refractivity contribution in [2.45, 2.75) is 18.9 Å². The van der Waals surface area contributed by atoms with Crippen LogP contribution in [0.3, 0.4) is 0 Å². The molecule has 1 aliphatic rings. The molecule has 2 aromatic rings. The lowest BCUT2D eigenvalue weighted by molar-refractivity contribution is -0.125. The minimum absolute atomic E-state index is 0.0265. The minimum Gasteiger partial charge on any atom is -0.493 e. The van der Waals surface area contributed by atoms with E-state index in [1.165, 1.54) is 36.5 Å². The van der Waals surface area contributed by atoms with Gasteiger partial charge in [-0.2, -0.15) is 4.98 Å². The summed E-state index contributed by atoms with van der Waals surface area (Å²) >= 11 is 0. The van der Waals surface area contributed by atoms with Crippen LogP contribution in [0.15, 0.2) is 28.9 Å². The van der Waals surface area contributed by atoms with Gasteiger partial charge in [-0.25, -0.2) is 4.39 Å². The van der Waals surface area contributed by atoms with Gasteiger partial charge in [0.15, 0.2) is 17.2 Å². The summed E-state index contributed by atoms with van der Waals surface area (Å²) in [7, 11) is 4.66. The number of oxazole rings is 1. The standard InChI is InChI=1S/C18H20FN3O5/c1-22(2)17(24)13-9-26-18(20-13)21-16(23)10-6-12(7-10)27-15-8-11(19)4-5-14(15)25-3/h4-5,8-10,12H,6-7H2,1-3H3,(H,20,21,23). The Kier molecular flexibility index (Phi) is 5.29. The van der Waals surface area contributed by atoms with E-state index in [0.717, 1.165) is 0 Å². The fraction of sp³-hybridized carbons (Fsp3) is 0.389. The van der Waals surface area contributed by atoms with Gasteiger partial charge in [0.25, 0.3) is 5.91 Å². The van der Waals surface area contributed by atoms with Crippen molar-refractivity contribution in [1.29, 1.82) is 0 Å². The molecule has 0 radical (unpaired) electrons. The van der Waals surface area contributed by atoms with E-state index in [1.807, 2.05) is 0 Å². The first-order valence-electron chi connectivity index (χ1n) is 8.35. The lowest BCUT2D eigenvalue weighted by atomic mass is 9.81. The Bertz CT molecular complexity index is 845. The van der Waals surface area contributed by atoms with Crippen LogP contribution in [0, 0.1) is 11.7 Å². The molecule has 1 aromatic heterocycles. The third-order valence-corrected chi connectivity index (χ3v) is 4.24. The lowest BCUT2D eigenvalue weighted by Gasteiger charge is -2.34. The number of carbonyl (C=O) groups is 2. The second kappa shape index (κ2) is 7.65. The molecular formula is C18H20FN3O5. The maximum atomic E-state index is 13.4. The SMILES string of the molecule is COc1ccc(F)cc1OC1CC(C(=O)Nc2nc(C(=O)N(C)C)co2)C1. The Morgan fingerprint density at radius 3 is 2.70 bits per heavy atom. The van der Waals surface area contributed by atoms with E-state index >= 15 is 0 Å². The maximum absolute atomic E-state index is 13.4. The van der Waals surface area contributed by atoms with Crippen molar-refractivity contribution in [3.63, 3.8) is 0 Å². The summed E-state index contributed by atoms with van der Waals surface area (Å²) in [5.41, 5.74) is 0.114. The van der Waals surface area contributed by atoms with E-state index in [4.69, 9.17) is 13.9 Å². The summed E-state index contributed by atoms with van der Waals surface area (Å²) in [6, 6.07) is 4.00. The molecule has 0 aliphatic heterocycles. The highest BCUT2D eigenvalue weighted by Crippen LogP contribution is 2.36. The third kappa shape index (κ3) is 4.18. The van der Waals surface area contributed by atoms with Gasteiger partial charge in [0, 0.05) is 26.1 Å². The molecule has 1 N–H and O–H groups in total. The highest BCUT2D eigenvalue weighted by Gasteiger charge is 2.37. The largest absolute Gasteiger partial charge is 0.493 e. The zero-order chi connectivity index (χ0) is 19.6. The molecule has 1 saturated carbocycles. The summed E-state index contributed by atoms with van der Waals surface area (Å²) in [4.78, 5) is 29.3. The van der Waals surface area contributed by atoms with Gasteiger partial charge in [-0.1, -0.05) is 0 Å². The van der Waals surface area contributed by atoms with Gasteiger partial charge in [-0.3, -0.25) is 14.9 Å². The number of ether oxygens (including phenoxy) is 2. The lowest BCUT2D eigenvalue weighted by Crippen LogP contribution is -2.41. The summed E-state index contributed by atoms with van der Waals surface area (Å²) in [6.07, 6.45) is 1.92. The van der Waals surface area contributed by atoms with E-state index in [-0.39, 0.29) is 35.5 Å². The molecule has 1 fully saturated rings. The number of anilines is 1. The number of hydrogen-bond donors (Lipinski definition) is 1. The predicted octanol–water partition coefficient (Wildman–Crippen LogP) is 2.32. The Morgan fingerprint density at radius 1 is 1.30 bits per heavy atom. The van der Waals surface area contributed by atoms with Crippen LogP contribution in [0.25, 0.3) is 0 Å². The van der Waals surface area contributed by atoms with Crippen LogP contribution in [0.5, 0.6) is 11.5 Å². The number of aromatic nitrogens is 1. The number of rotatable bonds is 6. The topological polar surface area (TPSA) is 93.9 Å². The summed E-state index contributed by atoms with van der Waals surface area (Å²) in [5.74, 6) is -0.559. The fourth-order valence-corrected chi connectivity index (χ4v) is 2.66. The first kappa shape index (κ1) is 18.7. The quantitative estimate of drug-likeness (QED) is 0.830. The van der Waals surface area contributed by atoms with Crippen molar-refractivity contribution in [2.75, 3.05) is 26.5 Å². The molecule has 9 heteroatoms. The summed E-state index contributed by atoms with van der Waals surface area (Å²) in [6.45, 7) is 0. The van der Waals surface area contributed by atoms with Gasteiger partial charge in [-0.15, -0.1) is 0 Å². The predicted molar refractivity (Wildman–Crippen MR) is 93.2 cm³/mol. The number of hydrogen-bond acceptors (Lipinski definition) is 6. The van der Waals surface area contributed by atoms with E-state index in [0.29, 0.717) is 24.3 Å². The van der Waals surface area contributed by atoms with Gasteiger partial charge in [0.2, 0.25) is 5.91 Å². The average molecular weight is 377 g/mol. The van der Waals surface area contributed by atoms with Gasteiger partial charge in [0.05, 0.1) is 7.11 Å². The smallest absolute Gasteiger partial charge is 0.302 e. The number of amides is 2. The normalized spacial score (nSPS) is 18.4.